The van der Waals surface area contributed by atoms with Gasteiger partial charge in [-0.3, -0.25) is 0 Å². The second-order valence-corrected chi connectivity index (χ2v) is 7.46. The molecule has 0 radical (unpaired) electrons. The van der Waals surface area contributed by atoms with E-state index in [1.807, 2.05) is 0 Å². The van der Waals surface area contributed by atoms with Crippen LogP contribution in [0.15, 0.2) is 42.4 Å². The number of hydrogen-bond acceptors (Lipinski definition) is 2. The molecule has 1 saturated heterocycles. The molecular weight excluding hydrogens is 318 g/mol. The van der Waals surface area contributed by atoms with Crippen LogP contribution < -0.4 is 0 Å². The van der Waals surface area contributed by atoms with E-state index in [2.05, 4.69) is 17.1 Å². The van der Waals surface area contributed by atoms with Crippen molar-refractivity contribution in [2.45, 2.75) is 44.1 Å². The highest BCUT2D eigenvalue weighted by molar-refractivity contribution is 5.85. The summed E-state index contributed by atoms with van der Waals surface area (Å²) in [5, 5.41) is 12.0. The number of nitrogens with zero attached hydrogens (tertiary/aromatic N) is 1. The number of hydrogen-bond donors (Lipinski definition) is 1. The molecule has 0 spiro atoms. The molecule has 1 unspecified atom stereocenters. The van der Waals surface area contributed by atoms with Crippen molar-refractivity contribution in [3.63, 3.8) is 0 Å². The van der Waals surface area contributed by atoms with E-state index >= 15 is 0 Å². The molecule has 2 bridgehead atoms. The highest BCUT2D eigenvalue weighted by Gasteiger charge is 2.48. The molecular formula is C21H30ClNO. The molecule has 4 rings (SSSR count). The van der Waals surface area contributed by atoms with Crippen LogP contribution in [0.25, 0.3) is 0 Å². The summed E-state index contributed by atoms with van der Waals surface area (Å²) in [6.45, 7) is 2.71. The fourth-order valence-electron chi connectivity index (χ4n) is 4.80. The first kappa shape index (κ1) is 12.5. The van der Waals surface area contributed by atoms with Gasteiger partial charge >= 0.3 is 0 Å². The Kier molecular flexibility index (Phi) is 3.96. The zero-order chi connectivity index (χ0) is 20.1. The van der Waals surface area contributed by atoms with E-state index in [4.69, 9.17) is 6.85 Å². The number of rotatable bonds is 5. The molecule has 1 aromatic rings. The quantitative estimate of drug-likeness (QED) is 0.795. The van der Waals surface area contributed by atoms with Crippen molar-refractivity contribution in [1.82, 2.24) is 4.90 Å². The fourth-order valence-corrected chi connectivity index (χ4v) is 4.80. The minimum absolute atomic E-state index is 0. The maximum atomic E-state index is 12.0. The predicted octanol–water partition coefficient (Wildman–Crippen LogP) is 4.38. The number of fused-ring (bicyclic) bond motifs is 2. The normalized spacial score (nSPS) is 34.5. The molecule has 0 aromatic heterocycles. The summed E-state index contributed by atoms with van der Waals surface area (Å²) in [5.41, 5.74) is -1.31. The first-order chi connectivity index (χ1) is 13.3. The Hall–Kier alpha value is -0.830. The van der Waals surface area contributed by atoms with Crippen molar-refractivity contribution in [2.75, 3.05) is 19.6 Å². The third kappa shape index (κ3) is 3.42. The summed E-state index contributed by atoms with van der Waals surface area (Å²) in [6.07, 6.45) is 10.1. The number of likely N-dealkylation sites (tertiary alicyclic amines) is 1. The number of aliphatic hydroxyl groups is 1. The van der Waals surface area contributed by atoms with Crippen LogP contribution in [0.2, 0.25) is 0 Å². The van der Waals surface area contributed by atoms with Crippen molar-refractivity contribution in [3.05, 3.63) is 47.9 Å². The summed E-state index contributed by atoms with van der Waals surface area (Å²) >= 11 is 0. The minimum atomic E-state index is -1.41. The van der Waals surface area contributed by atoms with Crippen LogP contribution in [0, 0.1) is 17.8 Å². The van der Waals surface area contributed by atoms with Crippen LogP contribution >= 0.6 is 12.4 Å². The Balaban J connectivity index is 0.00000240. The molecule has 1 saturated carbocycles. The zero-order valence-electron chi connectivity index (χ0n) is 19.1. The third-order valence-electron chi connectivity index (χ3n) is 6.08. The highest BCUT2D eigenvalue weighted by atomic mass is 35.5. The van der Waals surface area contributed by atoms with E-state index in [1.54, 1.807) is 0 Å². The smallest absolute Gasteiger partial charge is 0.0942 e. The van der Waals surface area contributed by atoms with Gasteiger partial charge in [-0.2, -0.15) is 0 Å². The molecule has 1 heterocycles. The summed E-state index contributed by atoms with van der Waals surface area (Å²) in [7, 11) is 0. The van der Waals surface area contributed by atoms with Crippen LogP contribution in [-0.2, 0) is 5.60 Å². The number of allylic oxidation sites excluding steroid dienone is 2. The van der Waals surface area contributed by atoms with Gasteiger partial charge in [-0.05, 0) is 68.5 Å². The highest BCUT2D eigenvalue weighted by Crippen LogP contribution is 2.52. The Morgan fingerprint density at radius 3 is 2.46 bits per heavy atom. The molecule has 3 aliphatic rings. The average Bonchev–Trinajstić information content (AvgIpc) is 3.34. The van der Waals surface area contributed by atoms with Gasteiger partial charge in [-0.1, -0.05) is 48.8 Å². The second-order valence-electron chi connectivity index (χ2n) is 7.46. The molecule has 1 N–H and O–H groups in total. The van der Waals surface area contributed by atoms with Gasteiger partial charge < -0.3 is 10.0 Å². The van der Waals surface area contributed by atoms with Crippen molar-refractivity contribution < 1.29 is 12.0 Å². The second kappa shape index (κ2) is 7.59. The summed E-state index contributed by atoms with van der Waals surface area (Å²) in [6, 6.07) is -1.61. The topological polar surface area (TPSA) is 23.5 Å². The SMILES string of the molecule is Cl.[2H]c1c([2H])c([2H])c(C(O)(CCN2CCCCC2)[C@H]2C[C@@H]3C=C[C@H]2C3)c([2H])c1[2H]. The largest absolute Gasteiger partial charge is 0.385 e. The first-order valence-electron chi connectivity index (χ1n) is 11.5. The van der Waals surface area contributed by atoms with Crippen molar-refractivity contribution in [3.8, 4) is 0 Å². The standard InChI is InChI=1S/C21H29NO.ClH/c23-21(19-7-3-1-4-8-19,11-14-22-12-5-2-6-13-22)20-16-17-9-10-18(20)15-17;/h1,3-4,7-10,17-18,20,23H,2,5-6,11-16H2;1H/t17-,18+,20+,21?;/m1./s1/i1D,3D,4D,7D,8D;. The van der Waals surface area contributed by atoms with Crippen LogP contribution in [-0.4, -0.2) is 29.6 Å². The molecule has 2 nitrogen and oxygen atoms in total. The third-order valence-corrected chi connectivity index (χ3v) is 6.08. The number of piperidine rings is 1. The average molecular weight is 353 g/mol. The summed E-state index contributed by atoms with van der Waals surface area (Å²) in [5.74, 6) is 0.548. The van der Waals surface area contributed by atoms with Crippen LogP contribution in [0.3, 0.4) is 0 Å². The molecule has 1 aliphatic heterocycles. The van der Waals surface area contributed by atoms with E-state index in [1.165, 1.54) is 6.42 Å². The van der Waals surface area contributed by atoms with Gasteiger partial charge in [0.25, 0.3) is 0 Å². The summed E-state index contributed by atoms with van der Waals surface area (Å²) < 4.78 is 40.9. The predicted molar refractivity (Wildman–Crippen MR) is 101 cm³/mol. The molecule has 3 heteroatoms. The minimum Gasteiger partial charge on any atom is -0.385 e. The van der Waals surface area contributed by atoms with Gasteiger partial charge in [-0.15, -0.1) is 12.4 Å². The van der Waals surface area contributed by atoms with Gasteiger partial charge in [0.05, 0.1) is 12.5 Å². The lowest BCUT2D eigenvalue weighted by Gasteiger charge is -2.40. The van der Waals surface area contributed by atoms with Crippen LogP contribution in [0.5, 0.6) is 0 Å². The van der Waals surface area contributed by atoms with Crippen LogP contribution in [0.1, 0.15) is 50.9 Å². The fraction of sp³-hybridized carbons (Fsp3) is 0.619. The lowest BCUT2D eigenvalue weighted by molar-refractivity contribution is -0.0495. The Morgan fingerprint density at radius 1 is 1.08 bits per heavy atom. The molecule has 1 aromatic carbocycles. The lowest BCUT2D eigenvalue weighted by Crippen LogP contribution is -2.42. The van der Waals surface area contributed by atoms with Crippen molar-refractivity contribution >= 4 is 12.4 Å². The van der Waals surface area contributed by atoms with Gasteiger partial charge in [0, 0.05) is 6.54 Å². The Morgan fingerprint density at radius 2 is 1.83 bits per heavy atom. The van der Waals surface area contributed by atoms with E-state index in [9.17, 15) is 5.11 Å². The molecule has 132 valence electrons. The molecule has 4 atom stereocenters. The van der Waals surface area contributed by atoms with Crippen LogP contribution in [0.4, 0.5) is 0 Å². The zero-order valence-corrected chi connectivity index (χ0v) is 14.9. The van der Waals surface area contributed by atoms with Gasteiger partial charge in [-0.25, -0.2) is 0 Å². The first-order valence-corrected chi connectivity index (χ1v) is 9.03. The monoisotopic (exact) mass is 352 g/mol. The van der Waals surface area contributed by atoms with Gasteiger partial charge in [0.15, 0.2) is 0 Å². The van der Waals surface area contributed by atoms with E-state index in [0.717, 1.165) is 38.8 Å². The molecule has 24 heavy (non-hydrogen) atoms. The Bertz CT molecular complexity index is 769. The Labute approximate surface area is 159 Å². The molecule has 0 amide bonds. The maximum absolute atomic E-state index is 12.0. The van der Waals surface area contributed by atoms with E-state index in [0.29, 0.717) is 18.9 Å². The van der Waals surface area contributed by atoms with E-state index < -0.39 is 11.6 Å². The number of halogens is 1. The van der Waals surface area contributed by atoms with Gasteiger partial charge in [0.2, 0.25) is 0 Å². The lowest BCUT2D eigenvalue weighted by atomic mass is 9.72. The maximum Gasteiger partial charge on any atom is 0.0942 e. The summed E-state index contributed by atoms with van der Waals surface area (Å²) in [4.78, 5) is 2.34. The van der Waals surface area contributed by atoms with Crippen molar-refractivity contribution in [1.29, 1.82) is 0 Å². The molecule has 2 fully saturated rings. The van der Waals surface area contributed by atoms with Crippen molar-refractivity contribution in [2.24, 2.45) is 17.8 Å². The van der Waals surface area contributed by atoms with E-state index in [-0.39, 0.29) is 54.0 Å². The van der Waals surface area contributed by atoms with Gasteiger partial charge in [0.1, 0.15) is 0 Å². The number of benzene rings is 1. The molecule has 2 aliphatic carbocycles.